The van der Waals surface area contributed by atoms with Crippen LogP contribution in [0, 0.1) is 0 Å². The Bertz CT molecular complexity index is 573. The minimum atomic E-state index is -0.180. The molecule has 0 saturated heterocycles. The Morgan fingerprint density at radius 2 is 2.10 bits per heavy atom. The summed E-state index contributed by atoms with van der Waals surface area (Å²) in [6.45, 7) is 0.630. The molecule has 0 spiro atoms. The van der Waals surface area contributed by atoms with Gasteiger partial charge >= 0.3 is 0 Å². The van der Waals surface area contributed by atoms with Crippen LogP contribution in [0.15, 0.2) is 42.9 Å². The number of ether oxygens (including phenoxy) is 1. The van der Waals surface area contributed by atoms with E-state index < -0.39 is 0 Å². The fourth-order valence-corrected chi connectivity index (χ4v) is 2.06. The molecule has 1 aromatic carbocycles. The number of aromatic nitrogens is 2. The van der Waals surface area contributed by atoms with E-state index in [1.165, 1.54) is 18.0 Å². The summed E-state index contributed by atoms with van der Waals surface area (Å²) in [5.74, 6) is 0.737. The van der Waals surface area contributed by atoms with Gasteiger partial charge in [0.2, 0.25) is 0 Å². The Kier molecular flexibility index (Phi) is 5.70. The Morgan fingerprint density at radius 3 is 2.86 bits per heavy atom. The maximum absolute atomic E-state index is 11.7. The summed E-state index contributed by atoms with van der Waals surface area (Å²) in [6, 6.07) is 8.00. The van der Waals surface area contributed by atoms with Crippen molar-refractivity contribution in [1.82, 2.24) is 15.3 Å². The van der Waals surface area contributed by atoms with E-state index in [1.807, 2.05) is 18.2 Å². The number of amides is 1. The van der Waals surface area contributed by atoms with Crippen molar-refractivity contribution in [3.05, 3.63) is 54.1 Å². The zero-order valence-corrected chi connectivity index (χ0v) is 12.1. The Hall–Kier alpha value is -2.43. The van der Waals surface area contributed by atoms with Gasteiger partial charge in [-0.15, -0.1) is 0 Å². The first-order chi connectivity index (χ1) is 10.3. The largest absolute Gasteiger partial charge is 0.496 e. The van der Waals surface area contributed by atoms with Crippen LogP contribution in [0.1, 0.15) is 28.9 Å². The number of nitrogens with zero attached hydrogens (tertiary/aromatic N) is 2. The Morgan fingerprint density at radius 1 is 1.24 bits per heavy atom. The van der Waals surface area contributed by atoms with E-state index in [2.05, 4.69) is 21.4 Å². The molecule has 2 rings (SSSR count). The highest BCUT2D eigenvalue weighted by atomic mass is 16.5. The van der Waals surface area contributed by atoms with E-state index in [4.69, 9.17) is 4.74 Å². The Balaban J connectivity index is 1.70. The molecule has 0 radical (unpaired) electrons. The average Bonchev–Trinajstić information content (AvgIpc) is 2.55. The van der Waals surface area contributed by atoms with Crippen LogP contribution in [-0.4, -0.2) is 29.5 Å². The van der Waals surface area contributed by atoms with E-state index in [0.29, 0.717) is 12.2 Å². The quantitative estimate of drug-likeness (QED) is 0.792. The second-order valence-corrected chi connectivity index (χ2v) is 4.62. The molecule has 0 saturated carbocycles. The number of rotatable bonds is 7. The molecule has 21 heavy (non-hydrogen) atoms. The predicted octanol–water partition coefficient (Wildman–Crippen LogP) is 2.24. The van der Waals surface area contributed by atoms with Crippen LogP contribution in [0.25, 0.3) is 0 Å². The van der Waals surface area contributed by atoms with Crippen molar-refractivity contribution in [1.29, 1.82) is 0 Å². The number of carbonyl (C=O) groups is 1. The second-order valence-electron chi connectivity index (χ2n) is 4.62. The molecule has 0 unspecified atom stereocenters. The van der Waals surface area contributed by atoms with Crippen molar-refractivity contribution < 1.29 is 9.53 Å². The lowest BCUT2D eigenvalue weighted by Crippen LogP contribution is -2.25. The van der Waals surface area contributed by atoms with Gasteiger partial charge in [-0.25, -0.2) is 4.98 Å². The number of methoxy groups -OCH3 is 1. The van der Waals surface area contributed by atoms with E-state index in [0.717, 1.165) is 25.0 Å². The first kappa shape index (κ1) is 15.0. The van der Waals surface area contributed by atoms with E-state index in [-0.39, 0.29) is 5.91 Å². The van der Waals surface area contributed by atoms with Gasteiger partial charge in [0.05, 0.1) is 13.3 Å². The van der Waals surface area contributed by atoms with Crippen LogP contribution in [-0.2, 0) is 6.42 Å². The van der Waals surface area contributed by atoms with Gasteiger partial charge in [0.1, 0.15) is 11.4 Å². The molecule has 5 nitrogen and oxygen atoms in total. The highest BCUT2D eigenvalue weighted by Crippen LogP contribution is 2.19. The molecule has 1 N–H and O–H groups in total. The summed E-state index contributed by atoms with van der Waals surface area (Å²) < 4.78 is 5.31. The van der Waals surface area contributed by atoms with Gasteiger partial charge in [-0.05, 0) is 30.9 Å². The molecule has 1 aromatic heterocycles. The zero-order valence-electron chi connectivity index (χ0n) is 12.1. The predicted molar refractivity (Wildman–Crippen MR) is 80.3 cm³/mol. The summed E-state index contributed by atoms with van der Waals surface area (Å²) in [7, 11) is 1.68. The van der Waals surface area contributed by atoms with Crippen LogP contribution < -0.4 is 10.1 Å². The summed E-state index contributed by atoms with van der Waals surface area (Å²) in [4.78, 5) is 19.6. The molecule has 0 aliphatic heterocycles. The fourth-order valence-electron chi connectivity index (χ4n) is 2.06. The van der Waals surface area contributed by atoms with Crippen molar-refractivity contribution in [2.75, 3.05) is 13.7 Å². The normalized spacial score (nSPS) is 10.1. The first-order valence-corrected chi connectivity index (χ1v) is 6.97. The molecule has 0 fully saturated rings. The number of nitrogens with one attached hydrogen (secondary N) is 1. The van der Waals surface area contributed by atoms with Crippen LogP contribution in [0.5, 0.6) is 5.75 Å². The van der Waals surface area contributed by atoms with Crippen molar-refractivity contribution in [3.63, 3.8) is 0 Å². The van der Waals surface area contributed by atoms with Crippen molar-refractivity contribution >= 4 is 5.91 Å². The van der Waals surface area contributed by atoms with Crippen molar-refractivity contribution in [2.45, 2.75) is 19.3 Å². The maximum Gasteiger partial charge on any atom is 0.271 e. The lowest BCUT2D eigenvalue weighted by molar-refractivity contribution is 0.0947. The third-order valence-electron chi connectivity index (χ3n) is 3.15. The lowest BCUT2D eigenvalue weighted by Gasteiger charge is -2.08. The third kappa shape index (κ3) is 4.56. The van der Waals surface area contributed by atoms with Crippen LogP contribution >= 0.6 is 0 Å². The minimum absolute atomic E-state index is 0.180. The number of hydrogen-bond acceptors (Lipinski definition) is 4. The molecule has 1 amide bonds. The molecular formula is C16H19N3O2. The van der Waals surface area contributed by atoms with Crippen LogP contribution in [0.2, 0.25) is 0 Å². The van der Waals surface area contributed by atoms with Gasteiger partial charge in [0.15, 0.2) is 0 Å². The van der Waals surface area contributed by atoms with Gasteiger partial charge in [-0.1, -0.05) is 18.2 Å². The highest BCUT2D eigenvalue weighted by Gasteiger charge is 2.06. The van der Waals surface area contributed by atoms with Crippen LogP contribution in [0.3, 0.4) is 0 Å². The minimum Gasteiger partial charge on any atom is -0.496 e. The summed E-state index contributed by atoms with van der Waals surface area (Å²) in [5, 5.41) is 2.84. The highest BCUT2D eigenvalue weighted by molar-refractivity contribution is 5.91. The van der Waals surface area contributed by atoms with E-state index >= 15 is 0 Å². The number of unbranched alkanes of at least 4 members (excludes halogenated alkanes) is 1. The molecule has 1 heterocycles. The third-order valence-corrected chi connectivity index (χ3v) is 3.15. The van der Waals surface area contributed by atoms with Gasteiger partial charge in [-0.3, -0.25) is 9.78 Å². The lowest BCUT2D eigenvalue weighted by atomic mass is 10.1. The van der Waals surface area contributed by atoms with Gasteiger partial charge < -0.3 is 10.1 Å². The Labute approximate surface area is 124 Å². The van der Waals surface area contributed by atoms with E-state index in [9.17, 15) is 4.79 Å². The molecule has 0 aliphatic rings. The average molecular weight is 285 g/mol. The number of para-hydroxylation sites is 1. The summed E-state index contributed by atoms with van der Waals surface area (Å²) in [5.41, 5.74) is 1.54. The molecular weight excluding hydrogens is 266 g/mol. The smallest absolute Gasteiger partial charge is 0.271 e. The molecule has 0 atom stereocenters. The molecule has 0 aliphatic carbocycles. The van der Waals surface area contributed by atoms with Crippen LogP contribution in [0.4, 0.5) is 0 Å². The zero-order chi connectivity index (χ0) is 14.9. The van der Waals surface area contributed by atoms with Crippen molar-refractivity contribution in [2.24, 2.45) is 0 Å². The van der Waals surface area contributed by atoms with Gasteiger partial charge in [0.25, 0.3) is 5.91 Å². The number of carbonyl (C=O) groups excluding carboxylic acids is 1. The standard InChI is InChI=1S/C16H19N3O2/c1-21-15-8-3-2-6-13(15)7-4-5-9-19-16(20)14-12-17-10-11-18-14/h2-3,6,8,10-12H,4-5,7,9H2,1H3,(H,19,20). The second kappa shape index (κ2) is 7.99. The fraction of sp³-hybridized carbons (Fsp3) is 0.312. The van der Waals surface area contributed by atoms with Gasteiger partial charge in [-0.2, -0.15) is 0 Å². The van der Waals surface area contributed by atoms with Crippen molar-refractivity contribution in [3.8, 4) is 5.75 Å². The van der Waals surface area contributed by atoms with E-state index in [1.54, 1.807) is 13.3 Å². The molecule has 2 aromatic rings. The topological polar surface area (TPSA) is 64.1 Å². The summed E-state index contributed by atoms with van der Waals surface area (Å²) >= 11 is 0. The number of aryl methyl sites for hydroxylation is 1. The molecule has 0 bridgehead atoms. The SMILES string of the molecule is COc1ccccc1CCCCNC(=O)c1cnccn1. The van der Waals surface area contributed by atoms with Gasteiger partial charge in [0, 0.05) is 18.9 Å². The molecule has 110 valence electrons. The summed E-state index contributed by atoms with van der Waals surface area (Å²) in [6.07, 6.45) is 7.35. The monoisotopic (exact) mass is 285 g/mol. The number of benzene rings is 1. The molecule has 5 heteroatoms. The maximum atomic E-state index is 11.7. The first-order valence-electron chi connectivity index (χ1n) is 6.97. The number of hydrogen-bond donors (Lipinski definition) is 1.